The van der Waals surface area contributed by atoms with Crippen LogP contribution in [0.1, 0.15) is 11.3 Å². The van der Waals surface area contributed by atoms with Gasteiger partial charge in [-0.3, -0.25) is 9.36 Å². The van der Waals surface area contributed by atoms with Crippen LogP contribution in [0.15, 0.2) is 18.5 Å². The van der Waals surface area contributed by atoms with E-state index in [1.807, 2.05) is 44.2 Å². The Morgan fingerprint density at radius 3 is 2.50 bits per heavy atom. The number of aryl methyl sites for hydroxylation is 3. The minimum Gasteiger partial charge on any atom is -0.364 e. The maximum absolute atomic E-state index is 4.28. The lowest BCUT2D eigenvalue weighted by Crippen LogP contribution is -2.01. The van der Waals surface area contributed by atoms with Crippen LogP contribution < -0.4 is 5.32 Å². The zero-order valence-electron chi connectivity index (χ0n) is 9.64. The molecule has 0 amide bonds. The molecule has 0 bridgehead atoms. The second-order valence-electron chi connectivity index (χ2n) is 3.64. The van der Waals surface area contributed by atoms with Crippen molar-refractivity contribution in [3.05, 3.63) is 29.7 Å². The zero-order valence-corrected chi connectivity index (χ0v) is 10.5. The standard InChI is InChI=1S/C10H15N5.ClH/c1-8-9(7-15(3)12-8)6-11-10-4-5-14(2)13-10;/h4-5,7H,6H2,1-3H3,(H,11,13);1H. The maximum atomic E-state index is 4.28. The van der Waals surface area contributed by atoms with Gasteiger partial charge in [-0.15, -0.1) is 12.4 Å². The van der Waals surface area contributed by atoms with E-state index >= 15 is 0 Å². The average Bonchev–Trinajstić information content (AvgIpc) is 2.70. The van der Waals surface area contributed by atoms with E-state index in [0.29, 0.717) is 0 Å². The van der Waals surface area contributed by atoms with Crippen LogP contribution in [-0.4, -0.2) is 19.6 Å². The van der Waals surface area contributed by atoms with Crippen molar-refractivity contribution in [2.24, 2.45) is 14.1 Å². The number of nitrogens with one attached hydrogen (secondary N) is 1. The van der Waals surface area contributed by atoms with E-state index in [0.717, 1.165) is 18.1 Å². The summed E-state index contributed by atoms with van der Waals surface area (Å²) in [4.78, 5) is 0. The molecule has 2 rings (SSSR count). The van der Waals surface area contributed by atoms with Gasteiger partial charge < -0.3 is 5.32 Å². The Kier molecular flexibility index (Phi) is 3.95. The number of hydrogen-bond donors (Lipinski definition) is 1. The molecule has 0 aliphatic rings. The first kappa shape index (κ1) is 12.6. The van der Waals surface area contributed by atoms with Crippen molar-refractivity contribution >= 4 is 18.2 Å². The van der Waals surface area contributed by atoms with Gasteiger partial charge in [0.15, 0.2) is 0 Å². The van der Waals surface area contributed by atoms with Gasteiger partial charge in [0, 0.05) is 44.7 Å². The molecule has 6 heteroatoms. The Morgan fingerprint density at radius 2 is 2.00 bits per heavy atom. The van der Waals surface area contributed by atoms with Crippen molar-refractivity contribution < 1.29 is 0 Å². The predicted octanol–water partition coefficient (Wildman–Crippen LogP) is 1.50. The molecule has 0 radical (unpaired) electrons. The van der Waals surface area contributed by atoms with E-state index in [9.17, 15) is 0 Å². The Balaban J connectivity index is 0.00000128. The number of rotatable bonds is 3. The molecule has 2 aromatic rings. The molecule has 0 aliphatic heterocycles. The van der Waals surface area contributed by atoms with Gasteiger partial charge in [0.25, 0.3) is 0 Å². The van der Waals surface area contributed by atoms with Gasteiger partial charge in [0.05, 0.1) is 5.69 Å². The topological polar surface area (TPSA) is 47.7 Å². The highest BCUT2D eigenvalue weighted by Gasteiger charge is 2.03. The number of aromatic nitrogens is 4. The second-order valence-corrected chi connectivity index (χ2v) is 3.64. The molecule has 5 nitrogen and oxygen atoms in total. The molecule has 88 valence electrons. The van der Waals surface area contributed by atoms with E-state index in [-0.39, 0.29) is 12.4 Å². The van der Waals surface area contributed by atoms with Gasteiger partial charge in [-0.2, -0.15) is 10.2 Å². The van der Waals surface area contributed by atoms with Crippen LogP contribution in [0.5, 0.6) is 0 Å². The fraction of sp³-hybridized carbons (Fsp3) is 0.400. The normalized spacial score (nSPS) is 9.94. The third-order valence-corrected chi connectivity index (χ3v) is 2.29. The predicted molar refractivity (Wildman–Crippen MR) is 65.7 cm³/mol. The highest BCUT2D eigenvalue weighted by molar-refractivity contribution is 5.85. The molecular formula is C10H16ClN5. The molecule has 0 saturated heterocycles. The molecule has 0 aromatic carbocycles. The number of anilines is 1. The molecule has 2 heterocycles. The van der Waals surface area contributed by atoms with E-state index in [2.05, 4.69) is 15.5 Å². The number of nitrogens with zero attached hydrogens (tertiary/aromatic N) is 4. The first-order valence-electron chi connectivity index (χ1n) is 4.88. The highest BCUT2D eigenvalue weighted by atomic mass is 35.5. The summed E-state index contributed by atoms with van der Waals surface area (Å²) in [6, 6.07) is 1.95. The molecule has 16 heavy (non-hydrogen) atoms. The largest absolute Gasteiger partial charge is 0.364 e. The minimum atomic E-state index is 0. The third kappa shape index (κ3) is 2.76. The summed E-state index contributed by atoms with van der Waals surface area (Å²) in [5, 5.41) is 11.8. The van der Waals surface area contributed by atoms with Crippen molar-refractivity contribution in [2.45, 2.75) is 13.5 Å². The zero-order chi connectivity index (χ0) is 10.8. The van der Waals surface area contributed by atoms with Gasteiger partial charge >= 0.3 is 0 Å². The fourth-order valence-electron chi connectivity index (χ4n) is 1.52. The summed E-state index contributed by atoms with van der Waals surface area (Å²) in [5.41, 5.74) is 2.25. The molecule has 0 atom stereocenters. The SMILES string of the molecule is Cc1nn(C)cc1CNc1ccn(C)n1.Cl. The Hall–Kier alpha value is -1.49. The van der Waals surface area contributed by atoms with Gasteiger partial charge in [-0.05, 0) is 6.92 Å². The van der Waals surface area contributed by atoms with Crippen LogP contribution >= 0.6 is 12.4 Å². The molecule has 2 aromatic heterocycles. The van der Waals surface area contributed by atoms with Crippen LogP contribution in [0.4, 0.5) is 5.82 Å². The van der Waals surface area contributed by atoms with Crippen LogP contribution in [0.2, 0.25) is 0 Å². The summed E-state index contributed by atoms with van der Waals surface area (Å²) >= 11 is 0. The number of halogens is 1. The van der Waals surface area contributed by atoms with Crippen LogP contribution in [0, 0.1) is 6.92 Å². The summed E-state index contributed by atoms with van der Waals surface area (Å²) in [6.45, 7) is 2.77. The Bertz CT molecular complexity index is 459. The lowest BCUT2D eigenvalue weighted by molar-refractivity contribution is 0.756. The highest BCUT2D eigenvalue weighted by Crippen LogP contribution is 2.08. The Labute approximate surface area is 101 Å². The molecule has 0 saturated carbocycles. The van der Waals surface area contributed by atoms with E-state index in [4.69, 9.17) is 0 Å². The van der Waals surface area contributed by atoms with Gasteiger partial charge in [-0.1, -0.05) is 0 Å². The van der Waals surface area contributed by atoms with Crippen molar-refractivity contribution in [2.75, 3.05) is 5.32 Å². The van der Waals surface area contributed by atoms with Crippen LogP contribution in [0.25, 0.3) is 0 Å². The molecule has 0 aliphatic carbocycles. The van der Waals surface area contributed by atoms with Crippen LogP contribution in [0.3, 0.4) is 0 Å². The lowest BCUT2D eigenvalue weighted by Gasteiger charge is -2.00. The smallest absolute Gasteiger partial charge is 0.148 e. The summed E-state index contributed by atoms with van der Waals surface area (Å²) in [5.74, 6) is 0.890. The first-order valence-corrected chi connectivity index (χ1v) is 4.88. The Morgan fingerprint density at radius 1 is 1.25 bits per heavy atom. The average molecular weight is 242 g/mol. The second kappa shape index (κ2) is 5.03. The van der Waals surface area contributed by atoms with Gasteiger partial charge in [-0.25, -0.2) is 0 Å². The van der Waals surface area contributed by atoms with Crippen molar-refractivity contribution in [1.29, 1.82) is 0 Å². The number of hydrogen-bond acceptors (Lipinski definition) is 3. The van der Waals surface area contributed by atoms with Gasteiger partial charge in [0.2, 0.25) is 0 Å². The van der Waals surface area contributed by atoms with Crippen molar-refractivity contribution in [3.63, 3.8) is 0 Å². The third-order valence-electron chi connectivity index (χ3n) is 2.29. The molecule has 0 spiro atoms. The van der Waals surface area contributed by atoms with E-state index in [1.165, 1.54) is 5.56 Å². The molecular weight excluding hydrogens is 226 g/mol. The molecule has 1 N–H and O–H groups in total. The van der Waals surface area contributed by atoms with E-state index in [1.54, 1.807) is 4.68 Å². The van der Waals surface area contributed by atoms with Crippen LogP contribution in [-0.2, 0) is 20.6 Å². The summed E-state index contributed by atoms with van der Waals surface area (Å²) < 4.78 is 3.60. The quantitative estimate of drug-likeness (QED) is 0.886. The van der Waals surface area contributed by atoms with E-state index < -0.39 is 0 Å². The van der Waals surface area contributed by atoms with Gasteiger partial charge in [0.1, 0.15) is 5.82 Å². The van der Waals surface area contributed by atoms with Crippen molar-refractivity contribution in [3.8, 4) is 0 Å². The monoisotopic (exact) mass is 241 g/mol. The maximum Gasteiger partial charge on any atom is 0.148 e. The first-order chi connectivity index (χ1) is 7.15. The fourth-order valence-corrected chi connectivity index (χ4v) is 1.52. The summed E-state index contributed by atoms with van der Waals surface area (Å²) in [6.07, 6.45) is 3.93. The molecule has 0 fully saturated rings. The molecule has 0 unspecified atom stereocenters. The summed E-state index contributed by atoms with van der Waals surface area (Å²) in [7, 11) is 3.83. The van der Waals surface area contributed by atoms with Crippen molar-refractivity contribution in [1.82, 2.24) is 19.6 Å². The lowest BCUT2D eigenvalue weighted by atomic mass is 10.2. The minimum absolute atomic E-state index is 0.